The van der Waals surface area contributed by atoms with E-state index in [0.717, 1.165) is 18.2 Å². The summed E-state index contributed by atoms with van der Waals surface area (Å²) in [6.07, 6.45) is 0. The van der Waals surface area contributed by atoms with Crippen LogP contribution in [0.15, 0.2) is 41.3 Å². The molecule has 146 valence electrons. The predicted molar refractivity (Wildman–Crippen MR) is 97.8 cm³/mol. The molecule has 0 radical (unpaired) electrons. The minimum atomic E-state index is -3.95. The molecule has 2 aromatic rings. The quantitative estimate of drug-likeness (QED) is 0.511. The Hall–Kier alpha value is -2.85. The Balaban J connectivity index is 2.23. The Labute approximate surface area is 157 Å². The third-order valence-corrected chi connectivity index (χ3v) is 5.08. The fourth-order valence-electron chi connectivity index (χ4n) is 2.34. The third-order valence-electron chi connectivity index (χ3n) is 3.64. The Morgan fingerprint density at radius 2 is 1.74 bits per heavy atom. The highest BCUT2D eigenvalue weighted by Gasteiger charge is 2.22. The van der Waals surface area contributed by atoms with E-state index in [2.05, 4.69) is 4.72 Å². The Kier molecular flexibility index (Phi) is 6.59. The van der Waals surface area contributed by atoms with Crippen molar-refractivity contribution in [2.45, 2.75) is 18.4 Å². The summed E-state index contributed by atoms with van der Waals surface area (Å²) in [6, 6.07) is 8.38. The molecule has 0 amide bonds. The molecule has 27 heavy (non-hydrogen) atoms. The lowest BCUT2D eigenvalue weighted by Crippen LogP contribution is -2.23. The van der Waals surface area contributed by atoms with Gasteiger partial charge in [0.15, 0.2) is 11.5 Å². The standard InChI is InChI=1S/C17H20N2O7S/c1-4-26-14-7-5-12(9-15(14)24-2)11-18-27(22,23)17-8-6-13(19(20)21)10-16(17)25-3/h5-10,18H,4,11H2,1-3H3. The topological polar surface area (TPSA) is 117 Å². The molecular formula is C17H20N2O7S. The predicted octanol–water partition coefficient (Wildman–Crippen LogP) is 2.49. The van der Waals surface area contributed by atoms with Crippen molar-refractivity contribution in [2.75, 3.05) is 20.8 Å². The van der Waals surface area contributed by atoms with Crippen LogP contribution in [0, 0.1) is 10.1 Å². The van der Waals surface area contributed by atoms with Crippen molar-refractivity contribution < 1.29 is 27.6 Å². The van der Waals surface area contributed by atoms with Crippen molar-refractivity contribution >= 4 is 15.7 Å². The van der Waals surface area contributed by atoms with Gasteiger partial charge in [0.25, 0.3) is 5.69 Å². The molecule has 2 aromatic carbocycles. The van der Waals surface area contributed by atoms with Crippen LogP contribution in [0.1, 0.15) is 12.5 Å². The molecule has 0 aliphatic rings. The number of methoxy groups -OCH3 is 2. The number of nitrogens with one attached hydrogen (secondary N) is 1. The van der Waals surface area contributed by atoms with Crippen LogP contribution in [-0.2, 0) is 16.6 Å². The number of sulfonamides is 1. The van der Waals surface area contributed by atoms with Crippen molar-refractivity contribution in [2.24, 2.45) is 0 Å². The second kappa shape index (κ2) is 8.69. The Morgan fingerprint density at radius 1 is 1.04 bits per heavy atom. The second-order valence-corrected chi connectivity index (χ2v) is 7.07. The second-order valence-electron chi connectivity index (χ2n) is 5.34. The van der Waals surface area contributed by atoms with Crippen molar-refractivity contribution in [3.63, 3.8) is 0 Å². The highest BCUT2D eigenvalue weighted by atomic mass is 32.2. The maximum Gasteiger partial charge on any atom is 0.273 e. The van der Waals surface area contributed by atoms with E-state index in [1.54, 1.807) is 18.2 Å². The van der Waals surface area contributed by atoms with Crippen LogP contribution in [0.3, 0.4) is 0 Å². The van der Waals surface area contributed by atoms with Crippen LogP contribution in [0.5, 0.6) is 17.2 Å². The zero-order chi connectivity index (χ0) is 20.0. The number of nitrogens with zero attached hydrogens (tertiary/aromatic N) is 1. The molecular weight excluding hydrogens is 376 g/mol. The molecule has 0 aliphatic heterocycles. The van der Waals surface area contributed by atoms with Crippen molar-refractivity contribution in [1.82, 2.24) is 4.72 Å². The lowest BCUT2D eigenvalue weighted by atomic mass is 10.2. The average molecular weight is 396 g/mol. The molecule has 0 heterocycles. The molecule has 0 saturated carbocycles. The first-order valence-electron chi connectivity index (χ1n) is 7.94. The van der Waals surface area contributed by atoms with Gasteiger partial charge in [-0.15, -0.1) is 0 Å². The molecule has 0 bridgehead atoms. The maximum atomic E-state index is 12.6. The fraction of sp³-hybridized carbons (Fsp3) is 0.294. The van der Waals surface area contributed by atoms with Crippen LogP contribution in [0.2, 0.25) is 0 Å². The van der Waals surface area contributed by atoms with E-state index in [-0.39, 0.29) is 22.9 Å². The first-order valence-corrected chi connectivity index (χ1v) is 9.42. The maximum absolute atomic E-state index is 12.6. The molecule has 2 rings (SSSR count). The summed E-state index contributed by atoms with van der Waals surface area (Å²) in [4.78, 5) is 10.0. The van der Waals surface area contributed by atoms with E-state index in [9.17, 15) is 18.5 Å². The Morgan fingerprint density at radius 3 is 2.33 bits per heavy atom. The largest absolute Gasteiger partial charge is 0.495 e. The van der Waals surface area contributed by atoms with Crippen LogP contribution < -0.4 is 18.9 Å². The van der Waals surface area contributed by atoms with Gasteiger partial charge >= 0.3 is 0 Å². The molecule has 0 spiro atoms. The zero-order valence-electron chi connectivity index (χ0n) is 15.1. The van der Waals surface area contributed by atoms with E-state index in [0.29, 0.717) is 23.7 Å². The van der Waals surface area contributed by atoms with Gasteiger partial charge < -0.3 is 14.2 Å². The lowest BCUT2D eigenvalue weighted by Gasteiger charge is -2.13. The number of hydrogen-bond acceptors (Lipinski definition) is 7. The fourth-order valence-corrected chi connectivity index (χ4v) is 3.51. The van der Waals surface area contributed by atoms with Gasteiger partial charge in [0.05, 0.1) is 31.8 Å². The minimum Gasteiger partial charge on any atom is -0.495 e. The van der Waals surface area contributed by atoms with E-state index in [1.807, 2.05) is 6.92 Å². The van der Waals surface area contributed by atoms with Gasteiger partial charge in [0.1, 0.15) is 10.6 Å². The molecule has 0 atom stereocenters. The number of hydrogen-bond donors (Lipinski definition) is 1. The smallest absolute Gasteiger partial charge is 0.273 e. The first-order chi connectivity index (χ1) is 12.8. The molecule has 0 fully saturated rings. The molecule has 9 nitrogen and oxygen atoms in total. The van der Waals surface area contributed by atoms with Crippen LogP contribution >= 0.6 is 0 Å². The van der Waals surface area contributed by atoms with E-state index >= 15 is 0 Å². The van der Waals surface area contributed by atoms with E-state index in [1.165, 1.54) is 14.2 Å². The molecule has 0 aromatic heterocycles. The van der Waals surface area contributed by atoms with Crippen molar-refractivity contribution in [3.05, 3.63) is 52.1 Å². The minimum absolute atomic E-state index is 0.00869. The molecule has 0 unspecified atom stereocenters. The number of non-ortho nitro benzene ring substituents is 1. The molecule has 0 saturated heterocycles. The van der Waals surface area contributed by atoms with Gasteiger partial charge in [-0.2, -0.15) is 0 Å². The van der Waals surface area contributed by atoms with E-state index in [4.69, 9.17) is 14.2 Å². The Bertz CT molecular complexity index is 929. The summed E-state index contributed by atoms with van der Waals surface area (Å²) in [6.45, 7) is 2.31. The summed E-state index contributed by atoms with van der Waals surface area (Å²) in [7, 11) is -1.21. The van der Waals surface area contributed by atoms with Crippen molar-refractivity contribution in [3.8, 4) is 17.2 Å². The normalized spacial score (nSPS) is 11.1. The van der Waals surface area contributed by atoms with Crippen LogP contribution in [0.4, 0.5) is 5.69 Å². The van der Waals surface area contributed by atoms with Gasteiger partial charge in [0.2, 0.25) is 10.0 Å². The lowest BCUT2D eigenvalue weighted by molar-refractivity contribution is -0.385. The summed E-state index contributed by atoms with van der Waals surface area (Å²) in [5.41, 5.74) is 0.391. The van der Waals surface area contributed by atoms with Gasteiger partial charge in [-0.1, -0.05) is 6.07 Å². The van der Waals surface area contributed by atoms with Gasteiger partial charge in [-0.3, -0.25) is 10.1 Å². The van der Waals surface area contributed by atoms with E-state index < -0.39 is 14.9 Å². The highest BCUT2D eigenvalue weighted by Crippen LogP contribution is 2.30. The molecule has 10 heteroatoms. The SMILES string of the molecule is CCOc1ccc(CNS(=O)(=O)c2ccc([N+](=O)[O-])cc2OC)cc1OC. The number of nitro benzene ring substituents is 1. The number of rotatable bonds is 9. The van der Waals surface area contributed by atoms with Crippen molar-refractivity contribution in [1.29, 1.82) is 0 Å². The molecule has 1 N–H and O–H groups in total. The number of ether oxygens (including phenoxy) is 3. The van der Waals surface area contributed by atoms with Gasteiger partial charge in [-0.05, 0) is 30.7 Å². The average Bonchev–Trinajstić information content (AvgIpc) is 2.66. The summed E-state index contributed by atoms with van der Waals surface area (Å²) < 4.78 is 43.2. The number of nitro groups is 1. The third kappa shape index (κ3) is 4.86. The van der Waals surface area contributed by atoms with Gasteiger partial charge in [-0.25, -0.2) is 13.1 Å². The summed E-state index contributed by atoms with van der Waals surface area (Å²) >= 11 is 0. The van der Waals surface area contributed by atoms with Gasteiger partial charge in [0, 0.05) is 12.6 Å². The highest BCUT2D eigenvalue weighted by molar-refractivity contribution is 7.89. The molecule has 0 aliphatic carbocycles. The zero-order valence-corrected chi connectivity index (χ0v) is 15.9. The first kappa shape index (κ1) is 20.5. The monoisotopic (exact) mass is 396 g/mol. The summed E-state index contributed by atoms with van der Waals surface area (Å²) in [5.74, 6) is 0.936. The van der Waals surface area contributed by atoms with Crippen LogP contribution in [0.25, 0.3) is 0 Å². The van der Waals surface area contributed by atoms with Crippen LogP contribution in [-0.4, -0.2) is 34.2 Å². The number of benzene rings is 2. The summed E-state index contributed by atoms with van der Waals surface area (Å²) in [5, 5.41) is 10.8.